The predicted octanol–water partition coefficient (Wildman–Crippen LogP) is 6.71. The molecule has 4 rings (SSSR count). The van der Waals surface area contributed by atoms with E-state index in [0.29, 0.717) is 5.92 Å². The van der Waals surface area contributed by atoms with Crippen molar-refractivity contribution >= 4 is 0 Å². The minimum absolute atomic E-state index is 0.353. The Hall–Kier alpha value is -3.12. The van der Waals surface area contributed by atoms with Gasteiger partial charge in [0.15, 0.2) is 0 Å². The zero-order valence-electron chi connectivity index (χ0n) is 15.6. The normalized spacial score (nSPS) is 16.6. The zero-order chi connectivity index (χ0) is 18.5. The number of allylic oxidation sites excluding steroid dienone is 6. The second-order valence-corrected chi connectivity index (χ2v) is 7.07. The molecule has 0 amide bonds. The predicted molar refractivity (Wildman–Crippen MR) is 115 cm³/mol. The highest BCUT2D eigenvalue weighted by Gasteiger charge is 2.38. The molecule has 0 saturated heterocycles. The van der Waals surface area contributed by atoms with Gasteiger partial charge in [-0.15, -0.1) is 0 Å². The first-order chi connectivity index (χ1) is 13.3. The first-order valence-electron chi connectivity index (χ1n) is 9.55. The molecule has 0 unspecified atom stereocenters. The minimum Gasteiger partial charge on any atom is -0.0779 e. The van der Waals surface area contributed by atoms with Crippen molar-refractivity contribution in [1.82, 2.24) is 0 Å². The molecule has 0 heteroatoms. The maximum absolute atomic E-state index is 2.30. The molecule has 3 aromatic carbocycles. The van der Waals surface area contributed by atoms with Crippen molar-refractivity contribution in [3.05, 3.63) is 144 Å². The van der Waals surface area contributed by atoms with Gasteiger partial charge >= 0.3 is 0 Å². The van der Waals surface area contributed by atoms with Gasteiger partial charge in [0.25, 0.3) is 0 Å². The summed E-state index contributed by atoms with van der Waals surface area (Å²) in [5.74, 6) is 0.429. The topological polar surface area (TPSA) is 0 Å². The summed E-state index contributed by atoms with van der Waals surface area (Å²) < 4.78 is 0. The second-order valence-electron chi connectivity index (χ2n) is 7.07. The first kappa shape index (κ1) is 17.3. The molecule has 0 aliphatic heterocycles. The molecule has 1 aliphatic carbocycles. The molecule has 1 aliphatic rings. The largest absolute Gasteiger partial charge is 0.0779 e. The van der Waals surface area contributed by atoms with Crippen LogP contribution < -0.4 is 0 Å². The summed E-state index contributed by atoms with van der Waals surface area (Å²) in [5, 5.41) is 0. The fourth-order valence-corrected chi connectivity index (χ4v) is 4.02. The summed E-state index contributed by atoms with van der Waals surface area (Å²) in [4.78, 5) is 0. The van der Waals surface area contributed by atoms with Gasteiger partial charge in [0.2, 0.25) is 0 Å². The lowest BCUT2D eigenvalue weighted by molar-refractivity contribution is 0.743. The van der Waals surface area contributed by atoms with Crippen LogP contribution in [0.2, 0.25) is 0 Å². The number of rotatable bonds is 4. The fraction of sp³-hybridized carbons (Fsp3) is 0.111. The van der Waals surface area contributed by atoms with Crippen molar-refractivity contribution in [2.45, 2.75) is 12.3 Å². The molecule has 27 heavy (non-hydrogen) atoms. The summed E-state index contributed by atoms with van der Waals surface area (Å²) in [6, 6.07) is 32.5. The van der Waals surface area contributed by atoms with E-state index in [0.717, 1.165) is 0 Å². The molecule has 0 nitrogen and oxygen atoms in total. The third-order valence-corrected chi connectivity index (χ3v) is 5.32. The second kappa shape index (κ2) is 7.63. The summed E-state index contributed by atoms with van der Waals surface area (Å²) >= 11 is 0. The van der Waals surface area contributed by atoms with Crippen LogP contribution in [0.1, 0.15) is 23.6 Å². The molecule has 0 spiro atoms. The van der Waals surface area contributed by atoms with Gasteiger partial charge in [-0.05, 0) is 28.2 Å². The number of hydrogen-bond donors (Lipinski definition) is 0. The van der Waals surface area contributed by atoms with Gasteiger partial charge in [0.1, 0.15) is 0 Å². The van der Waals surface area contributed by atoms with Crippen LogP contribution in [0.5, 0.6) is 0 Å². The third kappa shape index (κ3) is 3.19. The highest BCUT2D eigenvalue weighted by molar-refractivity contribution is 5.62. The van der Waals surface area contributed by atoms with Gasteiger partial charge in [-0.2, -0.15) is 0 Å². The smallest absolute Gasteiger partial charge is 0.0701 e. The van der Waals surface area contributed by atoms with Crippen LogP contribution in [-0.4, -0.2) is 0 Å². The molecule has 3 aromatic rings. The average Bonchev–Trinajstić information content (AvgIpc) is 2.96. The quantitative estimate of drug-likeness (QED) is 0.460. The van der Waals surface area contributed by atoms with Crippen LogP contribution in [0.3, 0.4) is 0 Å². The lowest BCUT2D eigenvalue weighted by Crippen LogP contribution is -2.31. The molecular weight excluding hydrogens is 324 g/mol. The monoisotopic (exact) mass is 348 g/mol. The maximum Gasteiger partial charge on any atom is 0.0701 e. The summed E-state index contributed by atoms with van der Waals surface area (Å²) in [6.45, 7) is 2.22. The van der Waals surface area contributed by atoms with Gasteiger partial charge < -0.3 is 0 Å². The van der Waals surface area contributed by atoms with Crippen molar-refractivity contribution in [2.24, 2.45) is 5.92 Å². The van der Waals surface area contributed by atoms with E-state index in [2.05, 4.69) is 128 Å². The summed E-state index contributed by atoms with van der Waals surface area (Å²) in [5.41, 5.74) is 4.77. The molecule has 132 valence electrons. The minimum atomic E-state index is -0.353. The van der Waals surface area contributed by atoms with Gasteiger partial charge in [-0.25, -0.2) is 0 Å². The van der Waals surface area contributed by atoms with Crippen LogP contribution >= 0.6 is 0 Å². The molecule has 1 atom stereocenters. The van der Waals surface area contributed by atoms with Crippen molar-refractivity contribution in [2.75, 3.05) is 0 Å². The average molecular weight is 348 g/mol. The highest BCUT2D eigenvalue weighted by atomic mass is 14.4. The fourth-order valence-electron chi connectivity index (χ4n) is 4.02. The number of hydrogen-bond acceptors (Lipinski definition) is 0. The third-order valence-electron chi connectivity index (χ3n) is 5.32. The van der Waals surface area contributed by atoms with Crippen LogP contribution in [0.15, 0.2) is 127 Å². The van der Waals surface area contributed by atoms with E-state index in [-0.39, 0.29) is 5.41 Å². The molecule has 0 heterocycles. The summed E-state index contributed by atoms with van der Waals surface area (Å²) in [7, 11) is 0. The van der Waals surface area contributed by atoms with Crippen LogP contribution in [-0.2, 0) is 5.41 Å². The number of benzene rings is 3. The van der Waals surface area contributed by atoms with Crippen molar-refractivity contribution < 1.29 is 0 Å². The standard InChI is InChI=1S/C27H24/c1-22-12-11-19-26(21-20-22)27(23-13-5-2-6-14-23,24-15-7-3-8-16-24)25-17-9-4-10-18-25/h2-22H,1H3/t22-/m0/s1. The van der Waals surface area contributed by atoms with Gasteiger partial charge in [0, 0.05) is 0 Å². The van der Waals surface area contributed by atoms with Crippen LogP contribution in [0, 0.1) is 5.92 Å². The Morgan fingerprint density at radius 2 is 1.04 bits per heavy atom. The van der Waals surface area contributed by atoms with E-state index < -0.39 is 0 Å². The van der Waals surface area contributed by atoms with Gasteiger partial charge in [0.05, 0.1) is 5.41 Å². The zero-order valence-corrected chi connectivity index (χ0v) is 15.6. The van der Waals surface area contributed by atoms with Crippen molar-refractivity contribution in [1.29, 1.82) is 0 Å². The van der Waals surface area contributed by atoms with Gasteiger partial charge in [-0.3, -0.25) is 0 Å². The Labute approximate surface area is 162 Å². The molecule has 0 saturated carbocycles. The van der Waals surface area contributed by atoms with E-state index in [1.54, 1.807) is 0 Å². The Kier molecular flexibility index (Phi) is 4.89. The Morgan fingerprint density at radius 3 is 1.48 bits per heavy atom. The maximum atomic E-state index is 2.30. The van der Waals surface area contributed by atoms with Crippen molar-refractivity contribution in [3.8, 4) is 0 Å². The SMILES string of the molecule is C[C@H]1C=CC=C(C(c2ccccc2)(c2ccccc2)c2ccccc2)C=C1. The van der Waals surface area contributed by atoms with Gasteiger partial charge in [-0.1, -0.05) is 128 Å². The Morgan fingerprint density at radius 1 is 0.593 bits per heavy atom. The molecule has 0 bridgehead atoms. The van der Waals surface area contributed by atoms with E-state index in [4.69, 9.17) is 0 Å². The lowest BCUT2D eigenvalue weighted by Gasteiger charge is -2.37. The molecule has 0 radical (unpaired) electrons. The molecule has 0 aromatic heterocycles. The van der Waals surface area contributed by atoms with E-state index in [9.17, 15) is 0 Å². The van der Waals surface area contributed by atoms with Crippen LogP contribution in [0.4, 0.5) is 0 Å². The van der Waals surface area contributed by atoms with Crippen LogP contribution in [0.25, 0.3) is 0 Å². The van der Waals surface area contributed by atoms with Crippen molar-refractivity contribution in [3.63, 3.8) is 0 Å². The van der Waals surface area contributed by atoms with E-state index in [1.165, 1.54) is 22.3 Å². The Bertz CT molecular complexity index is 864. The van der Waals surface area contributed by atoms with E-state index >= 15 is 0 Å². The summed E-state index contributed by atoms with van der Waals surface area (Å²) in [6.07, 6.45) is 11.3. The molecular formula is C27H24. The Balaban J connectivity index is 2.09. The molecule has 0 N–H and O–H groups in total. The van der Waals surface area contributed by atoms with E-state index in [1.807, 2.05) is 0 Å². The highest BCUT2D eigenvalue weighted by Crippen LogP contribution is 2.46. The lowest BCUT2D eigenvalue weighted by atomic mass is 9.64. The first-order valence-corrected chi connectivity index (χ1v) is 9.55. The molecule has 0 fully saturated rings.